The second-order valence-corrected chi connectivity index (χ2v) is 4.95. The Balaban J connectivity index is 1.77. The summed E-state index contributed by atoms with van der Waals surface area (Å²) in [5, 5.41) is 0. The summed E-state index contributed by atoms with van der Waals surface area (Å²) in [5.74, 6) is 0.985. The summed E-state index contributed by atoms with van der Waals surface area (Å²) in [4.78, 5) is 0. The molecule has 1 aliphatic heterocycles. The second kappa shape index (κ2) is 6.06. The van der Waals surface area contributed by atoms with E-state index in [9.17, 15) is 0 Å². The molecule has 1 heterocycles. The monoisotopic (exact) mass is 234 g/mol. The molecule has 0 bridgehead atoms. The maximum atomic E-state index is 5.79. The highest BCUT2D eigenvalue weighted by Gasteiger charge is 2.13. The van der Waals surface area contributed by atoms with Crippen LogP contribution in [-0.4, -0.2) is 19.3 Å². The van der Waals surface area contributed by atoms with E-state index in [0.29, 0.717) is 6.10 Å². The first kappa shape index (κ1) is 12.4. The number of ether oxygens (including phenoxy) is 2. The van der Waals surface area contributed by atoms with Gasteiger partial charge in [-0.25, -0.2) is 0 Å². The summed E-state index contributed by atoms with van der Waals surface area (Å²) in [7, 11) is 0. The molecular formula is C15H22O2. The maximum absolute atomic E-state index is 5.79. The van der Waals surface area contributed by atoms with Crippen LogP contribution in [0.5, 0.6) is 5.75 Å². The Labute approximate surface area is 104 Å². The molecule has 1 atom stereocenters. The van der Waals surface area contributed by atoms with Crippen molar-refractivity contribution in [1.29, 1.82) is 0 Å². The van der Waals surface area contributed by atoms with E-state index >= 15 is 0 Å². The zero-order chi connectivity index (χ0) is 12.1. The van der Waals surface area contributed by atoms with Gasteiger partial charge in [-0.05, 0) is 56.4 Å². The molecule has 94 valence electrons. The summed E-state index contributed by atoms with van der Waals surface area (Å²) >= 11 is 0. The minimum absolute atomic E-state index is 0.412. The highest BCUT2D eigenvalue weighted by Crippen LogP contribution is 2.19. The third-order valence-electron chi connectivity index (χ3n) is 3.18. The molecule has 0 spiro atoms. The van der Waals surface area contributed by atoms with E-state index in [2.05, 4.69) is 32.0 Å². The Morgan fingerprint density at radius 3 is 2.59 bits per heavy atom. The molecule has 0 N–H and O–H groups in total. The lowest BCUT2D eigenvalue weighted by atomic mass is 10.1. The van der Waals surface area contributed by atoms with Crippen LogP contribution in [0.2, 0.25) is 0 Å². The van der Waals surface area contributed by atoms with Gasteiger partial charge in [0.25, 0.3) is 0 Å². The molecule has 2 rings (SSSR count). The largest absolute Gasteiger partial charge is 0.493 e. The van der Waals surface area contributed by atoms with Gasteiger partial charge in [-0.1, -0.05) is 6.07 Å². The Hall–Kier alpha value is -1.02. The van der Waals surface area contributed by atoms with Gasteiger partial charge in [0, 0.05) is 13.0 Å². The highest BCUT2D eigenvalue weighted by atomic mass is 16.5. The topological polar surface area (TPSA) is 18.5 Å². The Morgan fingerprint density at radius 1 is 1.18 bits per heavy atom. The van der Waals surface area contributed by atoms with Crippen molar-refractivity contribution in [3.05, 3.63) is 29.3 Å². The number of hydrogen-bond donors (Lipinski definition) is 0. The van der Waals surface area contributed by atoms with Crippen LogP contribution in [0.15, 0.2) is 18.2 Å². The molecule has 17 heavy (non-hydrogen) atoms. The van der Waals surface area contributed by atoms with Crippen LogP contribution >= 0.6 is 0 Å². The summed E-state index contributed by atoms with van der Waals surface area (Å²) in [5.41, 5.74) is 2.52. The third kappa shape index (κ3) is 4.04. The minimum Gasteiger partial charge on any atom is -0.493 e. The van der Waals surface area contributed by atoms with Crippen LogP contribution in [0.4, 0.5) is 0 Å². The first-order valence-corrected chi connectivity index (χ1v) is 6.57. The maximum Gasteiger partial charge on any atom is 0.119 e. The van der Waals surface area contributed by atoms with E-state index in [1.807, 2.05) is 0 Å². The molecule has 1 aliphatic rings. The van der Waals surface area contributed by atoms with E-state index in [-0.39, 0.29) is 0 Å². The lowest BCUT2D eigenvalue weighted by molar-refractivity contribution is 0.00404. The minimum atomic E-state index is 0.412. The Morgan fingerprint density at radius 2 is 1.94 bits per heavy atom. The zero-order valence-electron chi connectivity index (χ0n) is 10.9. The Kier molecular flexibility index (Phi) is 4.43. The fourth-order valence-corrected chi connectivity index (χ4v) is 2.36. The van der Waals surface area contributed by atoms with Crippen molar-refractivity contribution in [1.82, 2.24) is 0 Å². The van der Waals surface area contributed by atoms with E-state index < -0.39 is 0 Å². The van der Waals surface area contributed by atoms with Gasteiger partial charge in [0.1, 0.15) is 5.75 Å². The van der Waals surface area contributed by atoms with Gasteiger partial charge in [0.2, 0.25) is 0 Å². The number of rotatable bonds is 4. The van der Waals surface area contributed by atoms with Gasteiger partial charge in [-0.15, -0.1) is 0 Å². The first-order chi connectivity index (χ1) is 8.24. The molecule has 0 aromatic heterocycles. The van der Waals surface area contributed by atoms with Crippen LogP contribution in [0, 0.1) is 13.8 Å². The standard InChI is InChI=1S/C15H22O2/c1-12-9-13(2)11-15(10-12)17-8-6-14-5-3-4-7-16-14/h9-11,14H,3-8H2,1-2H3/t14-/m1/s1. The Bertz CT molecular complexity index is 334. The van der Waals surface area contributed by atoms with Crippen LogP contribution in [0.1, 0.15) is 36.8 Å². The fraction of sp³-hybridized carbons (Fsp3) is 0.600. The molecule has 0 unspecified atom stereocenters. The molecule has 0 aliphatic carbocycles. The van der Waals surface area contributed by atoms with E-state index in [4.69, 9.17) is 9.47 Å². The molecule has 2 heteroatoms. The van der Waals surface area contributed by atoms with Crippen LogP contribution in [-0.2, 0) is 4.74 Å². The van der Waals surface area contributed by atoms with E-state index in [0.717, 1.165) is 25.4 Å². The fourth-order valence-electron chi connectivity index (χ4n) is 2.36. The molecule has 1 aromatic rings. The predicted molar refractivity (Wildman–Crippen MR) is 69.6 cm³/mol. The third-order valence-corrected chi connectivity index (χ3v) is 3.18. The number of benzene rings is 1. The molecule has 0 amide bonds. The van der Waals surface area contributed by atoms with Crippen molar-refractivity contribution >= 4 is 0 Å². The van der Waals surface area contributed by atoms with Gasteiger partial charge in [0.05, 0.1) is 12.7 Å². The van der Waals surface area contributed by atoms with Gasteiger partial charge >= 0.3 is 0 Å². The number of hydrogen-bond acceptors (Lipinski definition) is 2. The van der Waals surface area contributed by atoms with Crippen LogP contribution in [0.25, 0.3) is 0 Å². The average Bonchev–Trinajstić information content (AvgIpc) is 2.29. The SMILES string of the molecule is Cc1cc(C)cc(OCC[C@H]2CCCCO2)c1. The molecule has 1 fully saturated rings. The van der Waals surface area contributed by atoms with Gasteiger partial charge < -0.3 is 9.47 Å². The molecular weight excluding hydrogens is 212 g/mol. The molecule has 1 saturated heterocycles. The van der Waals surface area contributed by atoms with Crippen LogP contribution in [0.3, 0.4) is 0 Å². The average molecular weight is 234 g/mol. The molecule has 0 radical (unpaired) electrons. The van der Waals surface area contributed by atoms with Gasteiger partial charge in [0.15, 0.2) is 0 Å². The van der Waals surface area contributed by atoms with Crippen molar-refractivity contribution in [3.8, 4) is 5.75 Å². The van der Waals surface area contributed by atoms with Crippen molar-refractivity contribution in [2.75, 3.05) is 13.2 Å². The van der Waals surface area contributed by atoms with Gasteiger partial charge in [-0.3, -0.25) is 0 Å². The summed E-state index contributed by atoms with van der Waals surface area (Å²) in [6.07, 6.45) is 5.13. The quantitative estimate of drug-likeness (QED) is 0.792. The van der Waals surface area contributed by atoms with Crippen molar-refractivity contribution in [2.24, 2.45) is 0 Å². The summed E-state index contributed by atoms with van der Waals surface area (Å²) < 4.78 is 11.5. The van der Waals surface area contributed by atoms with E-state index in [1.54, 1.807) is 0 Å². The normalized spacial score (nSPS) is 20.2. The highest BCUT2D eigenvalue weighted by molar-refractivity contribution is 5.32. The second-order valence-electron chi connectivity index (χ2n) is 4.95. The van der Waals surface area contributed by atoms with Crippen molar-refractivity contribution in [3.63, 3.8) is 0 Å². The lowest BCUT2D eigenvalue weighted by Crippen LogP contribution is -2.21. The van der Waals surface area contributed by atoms with Gasteiger partial charge in [-0.2, -0.15) is 0 Å². The summed E-state index contributed by atoms with van der Waals surface area (Å²) in [6.45, 7) is 5.88. The van der Waals surface area contributed by atoms with E-state index in [1.165, 1.54) is 30.4 Å². The van der Waals surface area contributed by atoms with Crippen molar-refractivity contribution < 1.29 is 9.47 Å². The molecule has 0 saturated carbocycles. The first-order valence-electron chi connectivity index (χ1n) is 6.57. The number of aryl methyl sites for hydroxylation is 2. The predicted octanol–water partition coefficient (Wildman–Crippen LogP) is 3.64. The van der Waals surface area contributed by atoms with Crippen molar-refractivity contribution in [2.45, 2.75) is 45.6 Å². The molecule has 2 nitrogen and oxygen atoms in total. The van der Waals surface area contributed by atoms with Crippen LogP contribution < -0.4 is 4.74 Å². The summed E-state index contributed by atoms with van der Waals surface area (Å²) in [6, 6.07) is 6.35. The smallest absolute Gasteiger partial charge is 0.119 e. The zero-order valence-corrected chi connectivity index (χ0v) is 10.9. The molecule has 1 aromatic carbocycles. The lowest BCUT2D eigenvalue weighted by Gasteiger charge is -2.22.